The highest BCUT2D eigenvalue weighted by atomic mass is 35.5. The number of pyridine rings is 1. The Morgan fingerprint density at radius 2 is 1.86 bits per heavy atom. The molecule has 1 aliphatic heterocycles. The van der Waals surface area contributed by atoms with Crippen LogP contribution in [-0.4, -0.2) is 26.2 Å². The van der Waals surface area contributed by atoms with Gasteiger partial charge in [-0.3, -0.25) is 19.8 Å². The molecule has 0 atom stereocenters. The van der Waals surface area contributed by atoms with Crippen LogP contribution < -0.4 is 5.56 Å². The topological polar surface area (TPSA) is 53.9 Å². The zero-order chi connectivity index (χ0) is 19.1. The van der Waals surface area contributed by atoms with Crippen LogP contribution in [0.3, 0.4) is 0 Å². The van der Waals surface area contributed by atoms with Crippen molar-refractivity contribution in [2.24, 2.45) is 0 Å². The van der Waals surface area contributed by atoms with E-state index in [2.05, 4.69) is 39.2 Å². The van der Waals surface area contributed by atoms with Gasteiger partial charge in [0, 0.05) is 48.5 Å². The molecule has 0 fully saturated rings. The lowest BCUT2D eigenvalue weighted by molar-refractivity contribution is 0.244. The summed E-state index contributed by atoms with van der Waals surface area (Å²) >= 11 is 5.98. The minimum atomic E-state index is -0.0900. The number of nitrogens with zero attached hydrogens (tertiary/aromatic N) is 3. The Kier molecular flexibility index (Phi) is 4.26. The van der Waals surface area contributed by atoms with Crippen molar-refractivity contribution in [1.29, 1.82) is 0 Å². The van der Waals surface area contributed by atoms with E-state index in [1.807, 2.05) is 18.2 Å². The molecule has 0 spiro atoms. The van der Waals surface area contributed by atoms with E-state index in [-0.39, 0.29) is 5.56 Å². The van der Waals surface area contributed by atoms with Gasteiger partial charge in [0.15, 0.2) is 0 Å². The first-order chi connectivity index (χ1) is 13.7. The second-order valence-electron chi connectivity index (χ2n) is 7.15. The number of hydrogen-bond donors (Lipinski definition) is 1. The molecular formula is C22H19ClN4O. The Labute approximate surface area is 167 Å². The summed E-state index contributed by atoms with van der Waals surface area (Å²) in [5.41, 5.74) is 5.02. The summed E-state index contributed by atoms with van der Waals surface area (Å²) in [7, 11) is 0. The highest BCUT2D eigenvalue weighted by Crippen LogP contribution is 2.25. The molecule has 0 radical (unpaired) electrons. The van der Waals surface area contributed by atoms with E-state index in [1.165, 1.54) is 5.56 Å². The monoisotopic (exact) mass is 390 g/mol. The fraction of sp³-hybridized carbons (Fsp3) is 0.182. The average Bonchev–Trinajstić information content (AvgIpc) is 3.06. The van der Waals surface area contributed by atoms with Crippen molar-refractivity contribution in [3.8, 4) is 5.69 Å². The van der Waals surface area contributed by atoms with Crippen LogP contribution in [0.25, 0.3) is 16.6 Å². The van der Waals surface area contributed by atoms with Gasteiger partial charge in [0.1, 0.15) is 0 Å². The Morgan fingerprint density at radius 3 is 2.64 bits per heavy atom. The maximum absolute atomic E-state index is 12.9. The minimum Gasteiger partial charge on any atom is -0.294 e. The highest BCUT2D eigenvalue weighted by molar-refractivity contribution is 6.30. The second kappa shape index (κ2) is 6.93. The molecule has 0 amide bonds. The molecule has 2 aromatic heterocycles. The lowest BCUT2D eigenvalue weighted by Crippen LogP contribution is -2.30. The fourth-order valence-electron chi connectivity index (χ4n) is 3.87. The molecule has 28 heavy (non-hydrogen) atoms. The summed E-state index contributed by atoms with van der Waals surface area (Å²) in [6.45, 7) is 2.62. The van der Waals surface area contributed by atoms with Gasteiger partial charge < -0.3 is 0 Å². The lowest BCUT2D eigenvalue weighted by Gasteiger charge is -2.28. The fourth-order valence-corrected chi connectivity index (χ4v) is 3.99. The molecule has 140 valence electrons. The first-order valence-corrected chi connectivity index (χ1v) is 9.70. The van der Waals surface area contributed by atoms with Crippen molar-refractivity contribution in [2.75, 3.05) is 6.54 Å². The molecule has 0 saturated heterocycles. The zero-order valence-corrected chi connectivity index (χ0v) is 16.0. The lowest BCUT2D eigenvalue weighted by atomic mass is 10.0. The van der Waals surface area contributed by atoms with Gasteiger partial charge in [-0.15, -0.1) is 0 Å². The number of rotatable bonds is 3. The molecule has 5 nitrogen and oxygen atoms in total. The van der Waals surface area contributed by atoms with Gasteiger partial charge in [0.2, 0.25) is 0 Å². The molecule has 2 aromatic carbocycles. The minimum absolute atomic E-state index is 0.0900. The number of aromatic nitrogens is 3. The maximum atomic E-state index is 12.9. The third-order valence-corrected chi connectivity index (χ3v) is 5.56. The van der Waals surface area contributed by atoms with E-state index >= 15 is 0 Å². The van der Waals surface area contributed by atoms with Crippen molar-refractivity contribution in [2.45, 2.75) is 19.5 Å². The molecular weight excluding hydrogens is 372 g/mol. The summed E-state index contributed by atoms with van der Waals surface area (Å²) in [6.07, 6.45) is 2.58. The Morgan fingerprint density at radius 1 is 1.07 bits per heavy atom. The highest BCUT2D eigenvalue weighted by Gasteiger charge is 2.22. The normalized spacial score (nSPS) is 14.3. The summed E-state index contributed by atoms with van der Waals surface area (Å²) < 4.78 is 1.57. The maximum Gasteiger partial charge on any atom is 0.280 e. The Bertz CT molecular complexity index is 1200. The smallest absolute Gasteiger partial charge is 0.280 e. The zero-order valence-electron chi connectivity index (χ0n) is 15.2. The van der Waals surface area contributed by atoms with Crippen molar-refractivity contribution < 1.29 is 0 Å². The van der Waals surface area contributed by atoms with E-state index in [9.17, 15) is 4.79 Å². The van der Waals surface area contributed by atoms with Gasteiger partial charge in [-0.25, -0.2) is 4.68 Å². The number of aromatic amines is 1. The van der Waals surface area contributed by atoms with Gasteiger partial charge in [0.05, 0.1) is 16.6 Å². The van der Waals surface area contributed by atoms with Gasteiger partial charge >= 0.3 is 0 Å². The predicted octanol–water partition coefficient (Wildman–Crippen LogP) is 3.93. The third kappa shape index (κ3) is 3.03. The van der Waals surface area contributed by atoms with E-state index in [4.69, 9.17) is 11.6 Å². The molecule has 4 aromatic rings. The van der Waals surface area contributed by atoms with E-state index in [0.29, 0.717) is 10.4 Å². The molecule has 3 heterocycles. The Hall–Kier alpha value is -2.89. The van der Waals surface area contributed by atoms with Crippen LogP contribution in [0.15, 0.2) is 65.6 Å². The summed E-state index contributed by atoms with van der Waals surface area (Å²) in [4.78, 5) is 19.9. The van der Waals surface area contributed by atoms with Crippen LogP contribution in [-0.2, 0) is 19.5 Å². The molecule has 0 bridgehead atoms. The summed E-state index contributed by atoms with van der Waals surface area (Å²) in [6, 6.07) is 17.7. The molecule has 6 heteroatoms. The van der Waals surface area contributed by atoms with Gasteiger partial charge in [-0.05, 0) is 29.8 Å². The summed E-state index contributed by atoms with van der Waals surface area (Å²) in [5.74, 6) is 0. The van der Waals surface area contributed by atoms with Gasteiger partial charge in [-0.2, -0.15) is 0 Å². The van der Waals surface area contributed by atoms with Crippen molar-refractivity contribution >= 4 is 22.5 Å². The first kappa shape index (κ1) is 17.2. The van der Waals surface area contributed by atoms with Crippen LogP contribution in [0.2, 0.25) is 5.02 Å². The average molecular weight is 391 g/mol. The quantitative estimate of drug-likeness (QED) is 0.576. The van der Waals surface area contributed by atoms with E-state index < -0.39 is 0 Å². The predicted molar refractivity (Wildman–Crippen MR) is 111 cm³/mol. The van der Waals surface area contributed by atoms with E-state index in [0.717, 1.165) is 48.5 Å². The van der Waals surface area contributed by atoms with Crippen LogP contribution in [0, 0.1) is 0 Å². The molecule has 5 rings (SSSR count). The number of halogens is 1. The summed E-state index contributed by atoms with van der Waals surface area (Å²) in [5, 5.41) is 4.57. The number of hydrogen-bond acceptors (Lipinski definition) is 3. The number of nitrogens with one attached hydrogen (secondary N) is 1. The SMILES string of the molecule is O=c1c2cnc3c(c2[nH]n1-c1ccc(Cl)cc1)CN(Cc1ccccc1)CC3. The molecule has 1 aliphatic rings. The van der Waals surface area contributed by atoms with Gasteiger partial charge in [0.25, 0.3) is 5.56 Å². The van der Waals surface area contributed by atoms with Crippen molar-refractivity contribution in [3.05, 3.63) is 93.0 Å². The third-order valence-electron chi connectivity index (χ3n) is 5.31. The molecule has 1 N–H and O–H groups in total. The van der Waals surface area contributed by atoms with Crippen molar-refractivity contribution in [1.82, 2.24) is 19.7 Å². The van der Waals surface area contributed by atoms with Crippen LogP contribution in [0.1, 0.15) is 16.8 Å². The molecule has 0 unspecified atom stereocenters. The van der Waals surface area contributed by atoms with Crippen LogP contribution in [0.4, 0.5) is 0 Å². The largest absolute Gasteiger partial charge is 0.294 e. The van der Waals surface area contributed by atoms with Crippen LogP contribution in [0.5, 0.6) is 0 Å². The number of benzene rings is 2. The van der Waals surface area contributed by atoms with E-state index in [1.54, 1.807) is 23.0 Å². The first-order valence-electron chi connectivity index (χ1n) is 9.33. The number of H-pyrrole nitrogens is 1. The second-order valence-corrected chi connectivity index (χ2v) is 7.58. The number of fused-ring (bicyclic) bond motifs is 3. The molecule has 0 saturated carbocycles. The van der Waals surface area contributed by atoms with Crippen molar-refractivity contribution in [3.63, 3.8) is 0 Å². The standard InChI is InChI=1S/C22H19ClN4O/c23-16-6-8-17(9-7-16)27-22(28)18-12-24-20-10-11-26(14-19(20)21(18)25-27)13-15-4-2-1-3-5-15/h1-9,12,25H,10-11,13-14H2. The molecule has 0 aliphatic carbocycles. The Balaban J connectivity index is 1.54. The van der Waals surface area contributed by atoms with Crippen LogP contribution >= 0.6 is 11.6 Å². The van der Waals surface area contributed by atoms with Gasteiger partial charge in [-0.1, -0.05) is 41.9 Å².